The number of halogens is 1. The van der Waals surface area contributed by atoms with Gasteiger partial charge in [-0.15, -0.1) is 0 Å². The number of allylic oxidation sites excluding steroid dienone is 1. The van der Waals surface area contributed by atoms with E-state index in [4.69, 9.17) is 11.6 Å². The minimum absolute atomic E-state index is 0.708. The lowest BCUT2D eigenvalue weighted by Gasteiger charge is -2.06. The lowest BCUT2D eigenvalue weighted by Crippen LogP contribution is -2.14. The highest BCUT2D eigenvalue weighted by molar-refractivity contribution is 7.09. The van der Waals surface area contributed by atoms with Crippen LogP contribution in [-0.2, 0) is 6.42 Å². The van der Waals surface area contributed by atoms with Crippen LogP contribution in [0.5, 0.6) is 0 Å². The highest BCUT2D eigenvalue weighted by Crippen LogP contribution is 2.18. The highest BCUT2D eigenvalue weighted by atomic mass is 35.5. The van der Waals surface area contributed by atoms with Crippen molar-refractivity contribution in [3.05, 3.63) is 76.7 Å². The molecule has 0 aliphatic heterocycles. The molecule has 4 nitrogen and oxygen atoms in total. The zero-order chi connectivity index (χ0) is 17.5. The average Bonchev–Trinajstić information content (AvgIpc) is 3.04. The van der Waals surface area contributed by atoms with Crippen LogP contribution in [0, 0.1) is 0 Å². The van der Waals surface area contributed by atoms with Gasteiger partial charge in [0.05, 0.1) is 0 Å². The van der Waals surface area contributed by atoms with Gasteiger partial charge < -0.3 is 10.6 Å². The van der Waals surface area contributed by atoms with E-state index in [0.717, 1.165) is 34.5 Å². The molecule has 0 atom stereocenters. The van der Waals surface area contributed by atoms with Crippen LogP contribution in [-0.4, -0.2) is 15.9 Å². The first-order valence-corrected chi connectivity index (χ1v) is 9.16. The summed E-state index contributed by atoms with van der Waals surface area (Å²) in [5.41, 5.74) is 3.30. The van der Waals surface area contributed by atoms with Gasteiger partial charge in [-0.3, -0.25) is 0 Å². The van der Waals surface area contributed by atoms with Gasteiger partial charge in [0.2, 0.25) is 5.13 Å². The third-order valence-corrected chi connectivity index (χ3v) is 4.44. The van der Waals surface area contributed by atoms with Gasteiger partial charge in [-0.2, -0.15) is 9.36 Å². The summed E-state index contributed by atoms with van der Waals surface area (Å²) in [5, 5.41) is 8.19. The number of rotatable bonds is 7. The zero-order valence-electron chi connectivity index (χ0n) is 13.9. The minimum Gasteiger partial charge on any atom is -0.388 e. The monoisotopic (exact) mass is 370 g/mol. The number of hydrogen-bond acceptors (Lipinski definition) is 5. The summed E-state index contributed by atoms with van der Waals surface area (Å²) in [6, 6.07) is 17.9. The van der Waals surface area contributed by atoms with Crippen molar-refractivity contribution in [3.8, 4) is 0 Å². The van der Waals surface area contributed by atoms with Gasteiger partial charge in [-0.05, 0) is 43.2 Å². The first kappa shape index (κ1) is 17.5. The molecule has 0 saturated heterocycles. The second-order valence-corrected chi connectivity index (χ2v) is 6.77. The molecule has 0 bridgehead atoms. The second kappa shape index (κ2) is 8.65. The van der Waals surface area contributed by atoms with E-state index in [2.05, 4.69) is 20.0 Å². The molecule has 3 aromatic rings. The number of hydrogen-bond donors (Lipinski definition) is 2. The fourth-order valence-electron chi connectivity index (χ4n) is 2.29. The van der Waals surface area contributed by atoms with Crippen LogP contribution in [0.1, 0.15) is 18.3 Å². The van der Waals surface area contributed by atoms with Crippen molar-refractivity contribution in [1.82, 2.24) is 14.7 Å². The quantitative estimate of drug-likeness (QED) is 0.605. The van der Waals surface area contributed by atoms with Gasteiger partial charge in [-0.25, -0.2) is 0 Å². The van der Waals surface area contributed by atoms with E-state index in [1.54, 1.807) is 0 Å². The van der Waals surface area contributed by atoms with E-state index in [-0.39, 0.29) is 0 Å². The molecule has 3 rings (SSSR count). The van der Waals surface area contributed by atoms with E-state index in [1.165, 1.54) is 17.1 Å². The molecule has 1 aromatic heterocycles. The standard InChI is InChI=1S/C19H19ClN4S/c1-14(21-12-11-15-7-9-16(20)10-8-15)13-18-23-19(25-24-18)22-17-5-3-2-4-6-17/h2-10,13,21H,11-12H2,1H3,(H,22,23,24)/b14-13+. The Morgan fingerprint density at radius 2 is 1.88 bits per heavy atom. The number of nitrogens with zero attached hydrogens (tertiary/aromatic N) is 2. The first-order chi connectivity index (χ1) is 12.2. The molecule has 2 aromatic carbocycles. The molecule has 2 N–H and O–H groups in total. The van der Waals surface area contributed by atoms with Gasteiger partial charge in [0, 0.05) is 40.6 Å². The number of nitrogens with one attached hydrogen (secondary N) is 2. The Hall–Kier alpha value is -2.37. The van der Waals surface area contributed by atoms with Crippen LogP contribution in [0.25, 0.3) is 6.08 Å². The molecule has 0 radical (unpaired) electrons. The summed E-state index contributed by atoms with van der Waals surface area (Å²) >= 11 is 7.25. The molecule has 1 heterocycles. The van der Waals surface area contributed by atoms with Crippen molar-refractivity contribution in [2.45, 2.75) is 13.3 Å². The Morgan fingerprint density at radius 1 is 1.12 bits per heavy atom. The van der Waals surface area contributed by atoms with Crippen LogP contribution in [0.15, 0.2) is 60.3 Å². The van der Waals surface area contributed by atoms with Crippen molar-refractivity contribution < 1.29 is 0 Å². The van der Waals surface area contributed by atoms with Crippen molar-refractivity contribution in [2.24, 2.45) is 0 Å². The number of benzene rings is 2. The molecule has 0 unspecified atom stereocenters. The van der Waals surface area contributed by atoms with E-state index >= 15 is 0 Å². The summed E-state index contributed by atoms with van der Waals surface area (Å²) in [4.78, 5) is 4.49. The molecule has 128 valence electrons. The Balaban J connectivity index is 1.51. The van der Waals surface area contributed by atoms with Crippen molar-refractivity contribution in [1.29, 1.82) is 0 Å². The van der Waals surface area contributed by atoms with Gasteiger partial charge >= 0.3 is 0 Å². The maximum atomic E-state index is 5.90. The lowest BCUT2D eigenvalue weighted by molar-refractivity contribution is 0.792. The maximum absolute atomic E-state index is 5.90. The molecule has 0 fully saturated rings. The number of para-hydroxylation sites is 1. The molecule has 0 aliphatic rings. The third-order valence-electron chi connectivity index (χ3n) is 3.54. The molecular formula is C19H19ClN4S. The fraction of sp³-hybridized carbons (Fsp3) is 0.158. The van der Waals surface area contributed by atoms with Crippen LogP contribution >= 0.6 is 23.1 Å². The normalized spacial score (nSPS) is 11.4. The SMILES string of the molecule is C/C(=C\c1nsc(Nc2ccccc2)n1)NCCc1ccc(Cl)cc1. The van der Waals surface area contributed by atoms with E-state index < -0.39 is 0 Å². The molecular weight excluding hydrogens is 352 g/mol. The third kappa shape index (κ3) is 5.59. The number of aromatic nitrogens is 2. The van der Waals surface area contributed by atoms with Gasteiger partial charge in [0.15, 0.2) is 5.82 Å². The van der Waals surface area contributed by atoms with Crippen LogP contribution < -0.4 is 10.6 Å². The summed E-state index contributed by atoms with van der Waals surface area (Å²) in [6.45, 7) is 2.87. The topological polar surface area (TPSA) is 49.8 Å². The van der Waals surface area contributed by atoms with Gasteiger partial charge in [-0.1, -0.05) is 41.9 Å². The lowest BCUT2D eigenvalue weighted by atomic mass is 10.1. The molecule has 25 heavy (non-hydrogen) atoms. The van der Waals surface area contributed by atoms with Gasteiger partial charge in [0.25, 0.3) is 0 Å². The summed E-state index contributed by atoms with van der Waals surface area (Å²) in [5.74, 6) is 0.708. The smallest absolute Gasteiger partial charge is 0.207 e. The van der Waals surface area contributed by atoms with E-state index in [1.807, 2.05) is 67.6 Å². The zero-order valence-corrected chi connectivity index (χ0v) is 15.4. The predicted octanol–water partition coefficient (Wildman–Crippen LogP) is 5.13. The van der Waals surface area contributed by atoms with Crippen molar-refractivity contribution >= 4 is 40.0 Å². The van der Waals surface area contributed by atoms with Crippen LogP contribution in [0.2, 0.25) is 5.02 Å². The Morgan fingerprint density at radius 3 is 2.64 bits per heavy atom. The van der Waals surface area contributed by atoms with E-state index in [9.17, 15) is 0 Å². The fourth-order valence-corrected chi connectivity index (χ4v) is 2.99. The molecule has 0 saturated carbocycles. The Kier molecular flexibility index (Phi) is 6.04. The summed E-state index contributed by atoms with van der Waals surface area (Å²) < 4.78 is 4.37. The Labute approximate surface area is 156 Å². The van der Waals surface area contributed by atoms with E-state index in [0.29, 0.717) is 5.82 Å². The van der Waals surface area contributed by atoms with Crippen molar-refractivity contribution in [3.63, 3.8) is 0 Å². The molecule has 6 heteroatoms. The highest BCUT2D eigenvalue weighted by Gasteiger charge is 2.03. The largest absolute Gasteiger partial charge is 0.388 e. The first-order valence-electron chi connectivity index (χ1n) is 8.01. The summed E-state index contributed by atoms with van der Waals surface area (Å²) in [7, 11) is 0. The van der Waals surface area contributed by atoms with Gasteiger partial charge in [0.1, 0.15) is 0 Å². The maximum Gasteiger partial charge on any atom is 0.207 e. The number of anilines is 2. The predicted molar refractivity (Wildman–Crippen MR) is 106 cm³/mol. The second-order valence-electron chi connectivity index (χ2n) is 5.58. The summed E-state index contributed by atoms with van der Waals surface area (Å²) in [6.07, 6.45) is 2.89. The minimum atomic E-state index is 0.708. The molecule has 0 spiro atoms. The van der Waals surface area contributed by atoms with Crippen LogP contribution in [0.4, 0.5) is 10.8 Å². The van der Waals surface area contributed by atoms with Crippen LogP contribution in [0.3, 0.4) is 0 Å². The van der Waals surface area contributed by atoms with Crippen molar-refractivity contribution in [2.75, 3.05) is 11.9 Å². The average molecular weight is 371 g/mol. The Bertz CT molecular complexity index is 828. The molecule has 0 aliphatic carbocycles. The molecule has 0 amide bonds.